The van der Waals surface area contributed by atoms with Gasteiger partial charge in [0.2, 0.25) is 34.5 Å². The first-order chi connectivity index (χ1) is 39.3. The van der Waals surface area contributed by atoms with Gasteiger partial charge in [-0.05, 0) is 150 Å². The smallest absolute Gasteiger partial charge is 0.292 e. The molecule has 0 saturated carbocycles. The van der Waals surface area contributed by atoms with Crippen molar-refractivity contribution in [3.8, 4) is 34.5 Å². The van der Waals surface area contributed by atoms with Gasteiger partial charge in [-0.3, -0.25) is 0 Å². The number of rotatable bonds is 2. The van der Waals surface area contributed by atoms with Gasteiger partial charge in [0, 0.05) is 68.0 Å². The zero-order chi connectivity index (χ0) is 60.6. The molecule has 0 N–H and O–H groups in total. The Kier molecular flexibility index (Phi) is 20.4. The van der Waals surface area contributed by atoms with Crippen molar-refractivity contribution in [3.63, 3.8) is 0 Å². The Morgan fingerprint density at radius 1 is 0.398 bits per heavy atom. The van der Waals surface area contributed by atoms with Gasteiger partial charge in [-0.1, -0.05) is 77.9 Å². The maximum absolute atomic E-state index is 5.74. The molecule has 0 amide bonds. The second kappa shape index (κ2) is 27.0. The molecular weight excluding hydrogens is 1030 g/mol. The predicted molar refractivity (Wildman–Crippen MR) is 341 cm³/mol. The maximum Gasteiger partial charge on any atom is 0.292 e. The van der Waals surface area contributed by atoms with Crippen molar-refractivity contribution in [2.75, 3.05) is 40.4 Å². The minimum absolute atomic E-state index is 0.169. The topological polar surface area (TPSA) is 73.4 Å². The molecule has 83 heavy (non-hydrogen) atoms. The molecule has 0 aliphatic carbocycles. The van der Waals surface area contributed by atoms with Crippen LogP contribution in [0.4, 0.5) is 34.1 Å². The summed E-state index contributed by atoms with van der Waals surface area (Å²) < 4.78 is 46.4. The highest BCUT2D eigenvalue weighted by Gasteiger charge is 2.32. The minimum atomic E-state index is 0.169. The van der Waals surface area contributed by atoms with E-state index in [9.17, 15) is 0 Å². The largest absolute Gasteiger partial charge is 0.429 e. The van der Waals surface area contributed by atoms with E-state index in [0.29, 0.717) is 46.3 Å². The average Bonchev–Trinajstić information content (AvgIpc) is 4.40. The first-order valence-electron chi connectivity index (χ1n) is 29.3. The number of fused-ring (bicyclic) bond motifs is 6. The molecule has 6 aliphatic rings. The molecule has 6 aliphatic heterocycles. The molecule has 12 rings (SSSR count). The monoisotopic (exact) mass is 1130 g/mol. The van der Waals surface area contributed by atoms with Crippen molar-refractivity contribution in [3.05, 3.63) is 140 Å². The lowest BCUT2D eigenvalue weighted by Gasteiger charge is -2.07. The van der Waals surface area contributed by atoms with Gasteiger partial charge >= 0.3 is 0 Å². The average molecular weight is 1130 g/mol. The molecule has 0 atom stereocenters. The fourth-order valence-electron chi connectivity index (χ4n) is 11.1. The lowest BCUT2D eigenvalue weighted by molar-refractivity contribution is -0.456. The second-order valence-electron chi connectivity index (χ2n) is 24.1. The number of hydrogen-bond donors (Lipinski definition) is 0. The van der Waals surface area contributed by atoms with E-state index >= 15 is 0 Å². The fourth-order valence-corrected chi connectivity index (χ4v) is 11.1. The molecule has 0 aromatic heterocycles. The predicted octanol–water partition coefficient (Wildman–Crippen LogP) is 16.0. The Morgan fingerprint density at radius 2 is 0.663 bits per heavy atom. The standard InChI is InChI=1S/C14H20NO.C13H18NO.C12H16NO.2C11H14NO.C10H12NO/c1-10-6-11(2)13-12(7-10)15(9-16-13)8-14(3,4)5;1-9(2)7-14-8-15-13-11(4)5-10(3)6-12(13)14;1-4-5-13-8-14-12-10(3)6-9(2)7-11(12)13;2*1-4-12-7-13-11-9(3)5-8(2)6-10(11)12;1-7-4-8(2)10-9(5-7)11(3)6-12-10/h6-8H,9H2,1-5H3;5-7,9H,8H2,1-4H3;5-7H,4,8H2,1-3H3;2*4-6H,7H2,1-3H3;4-5H,3,6H2,1-2H3/q6*+1/b15-8-;14-7-;13-5-;2*12-4-;. The molecule has 6 aromatic carbocycles. The van der Waals surface area contributed by atoms with Crippen LogP contribution in [0, 0.1) is 94.4 Å². The Labute approximate surface area is 496 Å². The Bertz CT molecular complexity index is 3520. The zero-order valence-electron chi connectivity index (χ0n) is 53.7. The van der Waals surface area contributed by atoms with Crippen molar-refractivity contribution < 1.29 is 55.9 Å². The van der Waals surface area contributed by atoms with Crippen LogP contribution in [0.25, 0.3) is 0 Å². The summed E-state index contributed by atoms with van der Waals surface area (Å²) in [6.07, 6.45) is 11.7. The van der Waals surface area contributed by atoms with Gasteiger partial charge in [0.25, 0.3) is 74.5 Å². The van der Waals surface area contributed by atoms with Crippen LogP contribution >= 0.6 is 0 Å². The second-order valence-corrected chi connectivity index (χ2v) is 24.1. The number of nitrogens with zero attached hydrogens (tertiary/aromatic N) is 6. The summed E-state index contributed by atoms with van der Waals surface area (Å²) >= 11 is 0. The zero-order valence-corrected chi connectivity index (χ0v) is 53.7. The van der Waals surface area contributed by atoms with Crippen LogP contribution in [0.2, 0.25) is 0 Å². The van der Waals surface area contributed by atoms with Gasteiger partial charge in [0.15, 0.2) is 12.4 Å². The Balaban J connectivity index is 0.000000143. The van der Waals surface area contributed by atoms with Crippen molar-refractivity contribution in [2.24, 2.45) is 11.3 Å². The van der Waals surface area contributed by atoms with Crippen LogP contribution in [-0.4, -0.2) is 106 Å². The molecule has 6 aromatic rings. The summed E-state index contributed by atoms with van der Waals surface area (Å²) in [7, 11) is 0. The number of benzene rings is 6. The lowest BCUT2D eigenvalue weighted by Crippen LogP contribution is -2.17. The van der Waals surface area contributed by atoms with Crippen molar-refractivity contribution in [1.82, 2.24) is 0 Å². The van der Waals surface area contributed by atoms with Crippen LogP contribution in [0.1, 0.15) is 129 Å². The molecule has 12 heteroatoms. The van der Waals surface area contributed by atoms with Gasteiger partial charge in [-0.15, -0.1) is 0 Å². The normalized spacial score (nSPS) is 16.8. The SMILES string of the molecule is C/C=[N+]1/COc2c(C)cc(C)cc21.C/C=[N+]1/COc2c(C)cc(C)cc21.C=[N+]1COc2c(C)cc(C)cc21.CC/C=[N+]1/COc2c(C)cc(C)cc21.Cc1cc(C)c2c(c1)/[N+](=C\C(C)(C)C)CO2.Cc1cc(C)c2c(c1)/[N+](=C\C(C)C)CO2. The molecular formula is C71H94N6O6+6. The van der Waals surface area contributed by atoms with Crippen molar-refractivity contribution in [1.29, 1.82) is 0 Å². The highest BCUT2D eigenvalue weighted by molar-refractivity contribution is 5.66. The summed E-state index contributed by atoms with van der Waals surface area (Å²) in [6.45, 7) is 50.1. The Hall–Kier alpha value is -7.86. The summed E-state index contributed by atoms with van der Waals surface area (Å²) in [6, 6.07) is 25.9. The molecule has 0 spiro atoms. The lowest BCUT2D eigenvalue weighted by atomic mass is 9.99. The van der Waals surface area contributed by atoms with Gasteiger partial charge in [0.1, 0.15) is 25.4 Å². The van der Waals surface area contributed by atoms with Crippen molar-refractivity contribution >= 4 is 71.9 Å². The highest BCUT2D eigenvalue weighted by Crippen LogP contribution is 2.41. The van der Waals surface area contributed by atoms with E-state index in [0.717, 1.165) is 46.6 Å². The van der Waals surface area contributed by atoms with E-state index in [1.165, 1.54) is 95.2 Å². The summed E-state index contributed by atoms with van der Waals surface area (Å²) in [5.74, 6) is 6.70. The third-order valence-electron chi connectivity index (χ3n) is 14.4. The van der Waals surface area contributed by atoms with Gasteiger partial charge in [0.05, 0.1) is 0 Å². The number of ether oxygens (including phenoxy) is 6. The van der Waals surface area contributed by atoms with Gasteiger partial charge < -0.3 is 28.4 Å². The van der Waals surface area contributed by atoms with Crippen LogP contribution in [0.5, 0.6) is 34.5 Å². The summed E-state index contributed by atoms with van der Waals surface area (Å²) in [5, 5.41) is 0. The van der Waals surface area contributed by atoms with Gasteiger partial charge in [-0.2, -0.15) is 27.5 Å². The molecule has 0 fully saturated rings. The minimum Gasteiger partial charge on any atom is -0.429 e. The van der Waals surface area contributed by atoms with E-state index in [1.807, 2.05) is 30.9 Å². The van der Waals surface area contributed by atoms with Crippen molar-refractivity contribution in [2.45, 2.75) is 145 Å². The first-order valence-corrected chi connectivity index (χ1v) is 29.3. The summed E-state index contributed by atoms with van der Waals surface area (Å²) in [4.78, 5) is 0. The maximum atomic E-state index is 5.74. The third-order valence-corrected chi connectivity index (χ3v) is 14.4. The molecule has 0 bridgehead atoms. The number of hydrogen-bond acceptors (Lipinski definition) is 6. The summed E-state index contributed by atoms with van der Waals surface area (Å²) in [5.41, 5.74) is 22.3. The van der Waals surface area contributed by atoms with E-state index in [-0.39, 0.29) is 5.41 Å². The van der Waals surface area contributed by atoms with Gasteiger partial charge in [-0.25, -0.2) is 0 Å². The quantitative estimate of drug-likeness (QED) is 0.161. The van der Waals surface area contributed by atoms with E-state index < -0.39 is 0 Å². The van der Waals surface area contributed by atoms with Crippen LogP contribution in [0.3, 0.4) is 0 Å². The third kappa shape index (κ3) is 15.4. The molecule has 0 radical (unpaired) electrons. The molecule has 12 nitrogen and oxygen atoms in total. The van der Waals surface area contributed by atoms with Crippen LogP contribution in [-0.2, 0) is 0 Å². The molecule has 6 heterocycles. The Morgan fingerprint density at radius 3 is 0.988 bits per heavy atom. The van der Waals surface area contributed by atoms with E-state index in [2.05, 4.69) is 246 Å². The van der Waals surface area contributed by atoms with E-state index in [1.54, 1.807) is 0 Å². The number of aryl methyl sites for hydroxylation is 12. The van der Waals surface area contributed by atoms with Crippen LogP contribution < -0.4 is 28.4 Å². The fraction of sp³-hybridized carbons (Fsp3) is 0.408. The first kappa shape index (κ1) is 62.7. The highest BCUT2D eigenvalue weighted by atomic mass is 16.5. The molecule has 0 saturated heterocycles. The van der Waals surface area contributed by atoms with Crippen LogP contribution in [0.15, 0.2) is 72.8 Å². The molecule has 438 valence electrons. The van der Waals surface area contributed by atoms with E-state index in [4.69, 9.17) is 28.4 Å². The molecule has 0 unspecified atom stereocenters.